The van der Waals surface area contributed by atoms with Crippen LogP contribution in [0.3, 0.4) is 0 Å². The van der Waals surface area contributed by atoms with E-state index in [0.29, 0.717) is 21.3 Å². The van der Waals surface area contributed by atoms with Crippen molar-refractivity contribution in [3.8, 4) is 6.07 Å². The third-order valence-electron chi connectivity index (χ3n) is 2.07. The van der Waals surface area contributed by atoms with Crippen LogP contribution in [0, 0.1) is 11.3 Å². The molecule has 0 saturated heterocycles. The summed E-state index contributed by atoms with van der Waals surface area (Å²) < 4.78 is 0. The molecule has 0 spiro atoms. The Hall–Kier alpha value is -1.30. The lowest BCUT2D eigenvalue weighted by molar-refractivity contribution is 1.15. The SMILES string of the molecule is N#CCc1ccc2ccc(Cl)c(Cl)c2n1. The maximum Gasteiger partial charge on any atom is 0.0907 e. The standard InChI is InChI=1S/C11H6Cl2N2/c12-9-4-2-7-1-3-8(5-6-14)15-11(7)10(9)13/h1-4H,5H2. The summed E-state index contributed by atoms with van der Waals surface area (Å²) >= 11 is 11.9. The van der Waals surface area contributed by atoms with Crippen LogP contribution in [0.25, 0.3) is 10.9 Å². The molecule has 0 N–H and O–H groups in total. The topological polar surface area (TPSA) is 36.7 Å². The van der Waals surface area contributed by atoms with Gasteiger partial charge in [-0.3, -0.25) is 4.98 Å². The number of benzene rings is 1. The molecule has 1 heterocycles. The highest BCUT2D eigenvalue weighted by Crippen LogP contribution is 2.29. The Bertz CT molecular complexity index is 558. The van der Waals surface area contributed by atoms with Crippen LogP contribution < -0.4 is 0 Å². The van der Waals surface area contributed by atoms with E-state index in [1.54, 1.807) is 6.07 Å². The molecule has 0 aliphatic carbocycles. The van der Waals surface area contributed by atoms with E-state index in [9.17, 15) is 0 Å². The fraction of sp³-hybridized carbons (Fsp3) is 0.0909. The van der Waals surface area contributed by atoms with Gasteiger partial charge < -0.3 is 0 Å². The van der Waals surface area contributed by atoms with E-state index in [0.717, 1.165) is 5.39 Å². The number of rotatable bonds is 1. The predicted octanol–water partition coefficient (Wildman–Crippen LogP) is 3.61. The van der Waals surface area contributed by atoms with Crippen molar-refractivity contribution in [2.45, 2.75) is 6.42 Å². The lowest BCUT2D eigenvalue weighted by atomic mass is 10.2. The van der Waals surface area contributed by atoms with Crippen LogP contribution in [-0.2, 0) is 6.42 Å². The second-order valence-corrected chi connectivity index (χ2v) is 3.86. The normalized spacial score (nSPS) is 10.2. The number of halogens is 2. The molecule has 1 aromatic carbocycles. The summed E-state index contributed by atoms with van der Waals surface area (Å²) in [6.45, 7) is 0. The number of hydrogen-bond donors (Lipinski definition) is 0. The Morgan fingerprint density at radius 1 is 1.20 bits per heavy atom. The quantitative estimate of drug-likeness (QED) is 0.759. The Balaban J connectivity index is 2.69. The summed E-state index contributed by atoms with van der Waals surface area (Å²) in [5, 5.41) is 10.4. The highest BCUT2D eigenvalue weighted by Gasteiger charge is 2.05. The van der Waals surface area contributed by atoms with Crippen molar-refractivity contribution in [3.05, 3.63) is 40.0 Å². The summed E-state index contributed by atoms with van der Waals surface area (Å²) in [6.07, 6.45) is 0.277. The minimum Gasteiger partial charge on any atom is -0.250 e. The van der Waals surface area contributed by atoms with Gasteiger partial charge in [-0.15, -0.1) is 0 Å². The molecule has 0 aliphatic rings. The molecule has 74 valence electrons. The van der Waals surface area contributed by atoms with Crippen molar-refractivity contribution in [1.82, 2.24) is 4.98 Å². The monoisotopic (exact) mass is 236 g/mol. The number of fused-ring (bicyclic) bond motifs is 1. The first-order valence-electron chi connectivity index (χ1n) is 4.33. The van der Waals surface area contributed by atoms with E-state index in [4.69, 9.17) is 28.5 Å². The van der Waals surface area contributed by atoms with Gasteiger partial charge in [0.15, 0.2) is 0 Å². The second kappa shape index (κ2) is 4.06. The van der Waals surface area contributed by atoms with Crippen molar-refractivity contribution >= 4 is 34.1 Å². The van der Waals surface area contributed by atoms with Gasteiger partial charge in [0.1, 0.15) is 0 Å². The molecule has 0 amide bonds. The van der Waals surface area contributed by atoms with Gasteiger partial charge in [0.25, 0.3) is 0 Å². The highest BCUT2D eigenvalue weighted by molar-refractivity contribution is 6.44. The summed E-state index contributed by atoms with van der Waals surface area (Å²) in [6, 6.07) is 9.33. The van der Waals surface area contributed by atoms with Gasteiger partial charge in [0.2, 0.25) is 0 Å². The number of aromatic nitrogens is 1. The highest BCUT2D eigenvalue weighted by atomic mass is 35.5. The van der Waals surface area contributed by atoms with Gasteiger partial charge in [-0.25, -0.2) is 0 Å². The van der Waals surface area contributed by atoms with Gasteiger partial charge >= 0.3 is 0 Å². The first kappa shape index (κ1) is 10.2. The Morgan fingerprint density at radius 2 is 1.93 bits per heavy atom. The zero-order chi connectivity index (χ0) is 10.8. The summed E-state index contributed by atoms with van der Waals surface area (Å²) in [7, 11) is 0. The number of nitriles is 1. The van der Waals surface area contributed by atoms with Gasteiger partial charge in [0, 0.05) is 5.39 Å². The number of hydrogen-bond acceptors (Lipinski definition) is 2. The number of nitrogens with zero attached hydrogens (tertiary/aromatic N) is 2. The summed E-state index contributed by atoms with van der Waals surface area (Å²) in [5.41, 5.74) is 1.35. The minimum atomic E-state index is 0.277. The molecular formula is C11H6Cl2N2. The van der Waals surface area contributed by atoms with Crippen molar-refractivity contribution in [2.24, 2.45) is 0 Å². The molecule has 0 radical (unpaired) electrons. The van der Waals surface area contributed by atoms with E-state index in [1.807, 2.05) is 24.3 Å². The lowest BCUT2D eigenvalue weighted by Crippen LogP contribution is -1.89. The third-order valence-corrected chi connectivity index (χ3v) is 2.87. The van der Waals surface area contributed by atoms with Crippen LogP contribution in [0.15, 0.2) is 24.3 Å². The molecule has 2 aromatic rings. The summed E-state index contributed by atoms with van der Waals surface area (Å²) in [5.74, 6) is 0. The molecule has 15 heavy (non-hydrogen) atoms. The Labute approximate surface area is 97.1 Å². The van der Waals surface area contributed by atoms with Crippen LogP contribution in [0.1, 0.15) is 5.69 Å². The molecular weight excluding hydrogens is 231 g/mol. The molecule has 1 aromatic heterocycles. The molecule has 0 saturated carbocycles. The zero-order valence-electron chi connectivity index (χ0n) is 7.67. The van der Waals surface area contributed by atoms with Gasteiger partial charge in [-0.2, -0.15) is 5.26 Å². The summed E-state index contributed by atoms with van der Waals surface area (Å²) in [4.78, 5) is 4.29. The fourth-order valence-electron chi connectivity index (χ4n) is 1.35. The third kappa shape index (κ3) is 1.90. The largest absolute Gasteiger partial charge is 0.250 e. The average Bonchev–Trinajstić information content (AvgIpc) is 2.25. The molecule has 2 nitrogen and oxygen atoms in total. The van der Waals surface area contributed by atoms with E-state index in [-0.39, 0.29) is 6.42 Å². The van der Waals surface area contributed by atoms with E-state index in [1.165, 1.54) is 0 Å². The molecule has 0 bridgehead atoms. The first-order chi connectivity index (χ1) is 7.22. The van der Waals surface area contributed by atoms with E-state index in [2.05, 4.69) is 4.98 Å². The van der Waals surface area contributed by atoms with Crippen LogP contribution in [0.5, 0.6) is 0 Å². The van der Waals surface area contributed by atoms with Crippen LogP contribution in [0.2, 0.25) is 10.0 Å². The molecule has 0 fully saturated rings. The molecule has 4 heteroatoms. The van der Waals surface area contributed by atoms with Gasteiger partial charge in [0.05, 0.1) is 33.7 Å². The van der Waals surface area contributed by atoms with Crippen molar-refractivity contribution in [2.75, 3.05) is 0 Å². The first-order valence-corrected chi connectivity index (χ1v) is 5.08. The minimum absolute atomic E-state index is 0.277. The molecule has 0 unspecified atom stereocenters. The zero-order valence-corrected chi connectivity index (χ0v) is 9.18. The Morgan fingerprint density at radius 3 is 2.67 bits per heavy atom. The molecule has 0 aliphatic heterocycles. The second-order valence-electron chi connectivity index (χ2n) is 3.07. The average molecular weight is 237 g/mol. The maximum absolute atomic E-state index is 8.57. The van der Waals surface area contributed by atoms with Crippen LogP contribution >= 0.6 is 23.2 Å². The molecule has 0 atom stereocenters. The van der Waals surface area contributed by atoms with Gasteiger partial charge in [-0.05, 0) is 12.1 Å². The van der Waals surface area contributed by atoms with Crippen molar-refractivity contribution in [3.63, 3.8) is 0 Å². The Kier molecular flexibility index (Phi) is 2.77. The van der Waals surface area contributed by atoms with Crippen LogP contribution in [0.4, 0.5) is 0 Å². The van der Waals surface area contributed by atoms with E-state index < -0.39 is 0 Å². The maximum atomic E-state index is 8.57. The number of pyridine rings is 1. The van der Waals surface area contributed by atoms with Crippen molar-refractivity contribution in [1.29, 1.82) is 5.26 Å². The predicted molar refractivity (Wildman–Crippen MR) is 61.1 cm³/mol. The van der Waals surface area contributed by atoms with Crippen molar-refractivity contribution < 1.29 is 0 Å². The van der Waals surface area contributed by atoms with Crippen LogP contribution in [-0.4, -0.2) is 4.98 Å². The lowest BCUT2D eigenvalue weighted by Gasteiger charge is -2.03. The fourth-order valence-corrected chi connectivity index (χ4v) is 1.72. The van der Waals surface area contributed by atoms with Gasteiger partial charge in [-0.1, -0.05) is 35.3 Å². The smallest absolute Gasteiger partial charge is 0.0907 e. The molecule has 2 rings (SSSR count). The van der Waals surface area contributed by atoms with E-state index >= 15 is 0 Å².